The van der Waals surface area contributed by atoms with Crippen LogP contribution in [-0.4, -0.2) is 0 Å². The number of rotatable bonds is 0. The van der Waals surface area contributed by atoms with Gasteiger partial charge in [0.25, 0.3) is 0 Å². The first kappa shape index (κ1) is 14.6. The molecule has 2 aliphatic rings. The van der Waals surface area contributed by atoms with E-state index in [0.29, 0.717) is 0 Å². The van der Waals surface area contributed by atoms with Crippen molar-refractivity contribution in [3.8, 4) is 0 Å². The van der Waals surface area contributed by atoms with E-state index in [1.54, 1.807) is 5.57 Å². The Morgan fingerprint density at radius 1 is 0.739 bits per heavy atom. The van der Waals surface area contributed by atoms with Gasteiger partial charge in [-0.25, -0.2) is 0 Å². The van der Waals surface area contributed by atoms with E-state index in [2.05, 4.69) is 43.3 Å². The standard InChI is InChI=1S/C22H25N/c1-15-7-11-20-17(13-15)8-9-18-14-19(23)10-12-21(18)22(20)16-5-3-2-4-6-16/h7,10-14H,2-6,8-9,23H2,1H3. The van der Waals surface area contributed by atoms with Gasteiger partial charge in [0.2, 0.25) is 0 Å². The SMILES string of the molecule is Cc1ccc2c(c1)CCc1cc(N)ccc1C2=C1CCCCC1. The van der Waals surface area contributed by atoms with Crippen molar-refractivity contribution < 1.29 is 0 Å². The predicted octanol–water partition coefficient (Wildman–Crippen LogP) is 5.44. The number of anilines is 1. The zero-order valence-electron chi connectivity index (χ0n) is 14.0. The quantitative estimate of drug-likeness (QED) is 0.644. The molecule has 2 aromatic rings. The highest BCUT2D eigenvalue weighted by Gasteiger charge is 2.22. The van der Waals surface area contributed by atoms with Gasteiger partial charge < -0.3 is 5.73 Å². The van der Waals surface area contributed by atoms with E-state index in [9.17, 15) is 0 Å². The molecule has 1 heteroatoms. The molecule has 1 saturated carbocycles. The fourth-order valence-electron chi connectivity index (χ4n) is 4.26. The van der Waals surface area contributed by atoms with E-state index >= 15 is 0 Å². The van der Waals surface area contributed by atoms with Gasteiger partial charge in [-0.2, -0.15) is 0 Å². The monoisotopic (exact) mass is 303 g/mol. The van der Waals surface area contributed by atoms with Gasteiger partial charge >= 0.3 is 0 Å². The van der Waals surface area contributed by atoms with Crippen LogP contribution >= 0.6 is 0 Å². The van der Waals surface area contributed by atoms with Crippen LogP contribution in [0.5, 0.6) is 0 Å². The highest BCUT2D eigenvalue weighted by Crippen LogP contribution is 2.40. The molecule has 0 aliphatic heterocycles. The molecule has 2 aromatic carbocycles. The van der Waals surface area contributed by atoms with Crippen LogP contribution in [0.1, 0.15) is 59.9 Å². The Morgan fingerprint density at radius 3 is 2.13 bits per heavy atom. The van der Waals surface area contributed by atoms with Crippen LogP contribution in [-0.2, 0) is 12.8 Å². The van der Waals surface area contributed by atoms with E-state index in [1.807, 2.05) is 0 Å². The molecule has 0 radical (unpaired) electrons. The van der Waals surface area contributed by atoms with E-state index in [-0.39, 0.29) is 0 Å². The molecule has 0 bridgehead atoms. The molecule has 23 heavy (non-hydrogen) atoms. The van der Waals surface area contributed by atoms with Crippen LogP contribution in [0.15, 0.2) is 42.0 Å². The lowest BCUT2D eigenvalue weighted by Gasteiger charge is -2.22. The molecular formula is C22H25N. The lowest BCUT2D eigenvalue weighted by molar-refractivity contribution is 0.601. The third kappa shape index (κ3) is 2.69. The summed E-state index contributed by atoms with van der Waals surface area (Å²) in [5, 5.41) is 0. The second-order valence-electron chi connectivity index (χ2n) is 7.12. The number of allylic oxidation sites excluding steroid dienone is 1. The number of hydrogen-bond acceptors (Lipinski definition) is 1. The van der Waals surface area contributed by atoms with Crippen molar-refractivity contribution >= 4 is 11.3 Å². The van der Waals surface area contributed by atoms with E-state index in [0.717, 1.165) is 18.5 Å². The lowest BCUT2D eigenvalue weighted by Crippen LogP contribution is -2.02. The molecule has 0 aromatic heterocycles. The Bertz CT molecular complexity index is 719. The molecule has 0 amide bonds. The summed E-state index contributed by atoms with van der Waals surface area (Å²) in [6.45, 7) is 2.20. The average molecular weight is 303 g/mol. The molecule has 0 atom stereocenters. The summed E-state index contributed by atoms with van der Waals surface area (Å²) in [5.74, 6) is 0. The Morgan fingerprint density at radius 2 is 1.39 bits per heavy atom. The first-order valence-corrected chi connectivity index (χ1v) is 8.93. The molecule has 4 rings (SSSR count). The smallest absolute Gasteiger partial charge is 0.0317 e. The molecule has 0 spiro atoms. The molecule has 0 saturated heterocycles. The van der Waals surface area contributed by atoms with Gasteiger partial charge in [-0.05, 0) is 85.4 Å². The fraction of sp³-hybridized carbons (Fsp3) is 0.364. The van der Waals surface area contributed by atoms with Crippen LogP contribution in [0.3, 0.4) is 0 Å². The van der Waals surface area contributed by atoms with Gasteiger partial charge in [-0.3, -0.25) is 0 Å². The van der Waals surface area contributed by atoms with Gasteiger partial charge in [0.15, 0.2) is 0 Å². The molecule has 0 heterocycles. The Labute approximate surface area is 139 Å². The minimum Gasteiger partial charge on any atom is -0.399 e. The Balaban J connectivity index is 1.98. The number of benzene rings is 2. The van der Waals surface area contributed by atoms with Crippen molar-refractivity contribution in [3.63, 3.8) is 0 Å². The molecule has 2 N–H and O–H groups in total. The number of aryl methyl sites for hydroxylation is 3. The third-order valence-corrected chi connectivity index (χ3v) is 5.40. The topological polar surface area (TPSA) is 26.0 Å². The van der Waals surface area contributed by atoms with Crippen molar-refractivity contribution in [1.29, 1.82) is 0 Å². The van der Waals surface area contributed by atoms with Gasteiger partial charge in [0.1, 0.15) is 0 Å². The maximum absolute atomic E-state index is 6.07. The highest BCUT2D eigenvalue weighted by molar-refractivity contribution is 5.86. The maximum atomic E-state index is 6.07. The number of hydrogen-bond donors (Lipinski definition) is 1. The van der Waals surface area contributed by atoms with Crippen molar-refractivity contribution in [2.75, 3.05) is 5.73 Å². The summed E-state index contributed by atoms with van der Waals surface area (Å²) in [6.07, 6.45) is 8.78. The van der Waals surface area contributed by atoms with Gasteiger partial charge in [-0.1, -0.05) is 41.8 Å². The van der Waals surface area contributed by atoms with Crippen molar-refractivity contribution in [3.05, 3.63) is 69.8 Å². The summed E-state index contributed by atoms with van der Waals surface area (Å²) < 4.78 is 0. The zero-order valence-corrected chi connectivity index (χ0v) is 14.0. The van der Waals surface area contributed by atoms with Crippen molar-refractivity contribution in [2.24, 2.45) is 0 Å². The molecule has 1 nitrogen and oxygen atoms in total. The minimum absolute atomic E-state index is 0.888. The van der Waals surface area contributed by atoms with Crippen LogP contribution in [0.25, 0.3) is 5.57 Å². The Kier molecular flexibility index (Phi) is 3.72. The summed E-state index contributed by atoms with van der Waals surface area (Å²) in [6, 6.07) is 13.5. The number of fused-ring (bicyclic) bond motifs is 2. The van der Waals surface area contributed by atoms with Crippen LogP contribution in [0, 0.1) is 6.92 Å². The van der Waals surface area contributed by atoms with Crippen LogP contribution in [0.4, 0.5) is 5.69 Å². The second kappa shape index (κ2) is 5.88. The highest BCUT2D eigenvalue weighted by atomic mass is 14.5. The first-order valence-electron chi connectivity index (χ1n) is 8.93. The largest absolute Gasteiger partial charge is 0.399 e. The molecular weight excluding hydrogens is 278 g/mol. The summed E-state index contributed by atoms with van der Waals surface area (Å²) in [4.78, 5) is 0. The predicted molar refractivity (Wildman–Crippen MR) is 98.5 cm³/mol. The second-order valence-corrected chi connectivity index (χ2v) is 7.12. The summed E-state index contributed by atoms with van der Waals surface area (Å²) in [5.41, 5.74) is 17.3. The van der Waals surface area contributed by atoms with Crippen molar-refractivity contribution in [1.82, 2.24) is 0 Å². The molecule has 0 unspecified atom stereocenters. The summed E-state index contributed by atoms with van der Waals surface area (Å²) in [7, 11) is 0. The average Bonchev–Trinajstić information content (AvgIpc) is 2.72. The normalized spacial score (nSPS) is 17.4. The fourth-order valence-corrected chi connectivity index (χ4v) is 4.26. The van der Waals surface area contributed by atoms with Gasteiger partial charge in [0.05, 0.1) is 0 Å². The molecule has 118 valence electrons. The Hall–Kier alpha value is -2.02. The first-order chi connectivity index (χ1) is 11.2. The lowest BCUT2D eigenvalue weighted by atomic mass is 9.83. The number of nitrogen functional groups attached to an aromatic ring is 1. The van der Waals surface area contributed by atoms with E-state index < -0.39 is 0 Å². The zero-order chi connectivity index (χ0) is 15.8. The summed E-state index contributed by atoms with van der Waals surface area (Å²) >= 11 is 0. The number of nitrogens with two attached hydrogens (primary N) is 1. The van der Waals surface area contributed by atoms with E-state index in [4.69, 9.17) is 5.73 Å². The minimum atomic E-state index is 0.888. The van der Waals surface area contributed by atoms with Gasteiger partial charge in [0, 0.05) is 5.69 Å². The molecule has 1 fully saturated rings. The van der Waals surface area contributed by atoms with Gasteiger partial charge in [-0.15, -0.1) is 0 Å². The van der Waals surface area contributed by atoms with Crippen LogP contribution < -0.4 is 5.73 Å². The third-order valence-electron chi connectivity index (χ3n) is 5.40. The van der Waals surface area contributed by atoms with E-state index in [1.165, 1.54) is 65.5 Å². The van der Waals surface area contributed by atoms with Crippen molar-refractivity contribution in [2.45, 2.75) is 51.9 Å². The maximum Gasteiger partial charge on any atom is 0.0317 e. The van der Waals surface area contributed by atoms with Crippen LogP contribution in [0.2, 0.25) is 0 Å². The molecule has 2 aliphatic carbocycles.